The normalized spacial score (nSPS) is 17.2. The minimum Gasteiger partial charge on any atom is -0.489 e. The van der Waals surface area contributed by atoms with Crippen molar-refractivity contribution >= 4 is 5.78 Å². The minimum atomic E-state index is -0.349. The molecule has 0 aliphatic carbocycles. The fourth-order valence-corrected chi connectivity index (χ4v) is 2.23. The third-order valence-corrected chi connectivity index (χ3v) is 3.40. The first-order chi connectivity index (χ1) is 9.72. The van der Waals surface area contributed by atoms with E-state index in [4.69, 9.17) is 9.47 Å². The number of rotatable bonds is 3. The van der Waals surface area contributed by atoms with Crippen molar-refractivity contribution in [2.45, 2.75) is 26.1 Å². The number of ketones is 1. The number of carbonyl (C=O) groups is 1. The van der Waals surface area contributed by atoms with Gasteiger partial charge in [0.15, 0.2) is 11.9 Å². The summed E-state index contributed by atoms with van der Waals surface area (Å²) in [5.41, 5.74) is 2.02. The zero-order valence-electron chi connectivity index (χ0n) is 11.3. The Morgan fingerprint density at radius 3 is 2.80 bits per heavy atom. The van der Waals surface area contributed by atoms with Gasteiger partial charge in [-0.25, -0.2) is 0 Å². The maximum Gasteiger partial charge on any atom is 0.177 e. The van der Waals surface area contributed by atoms with E-state index in [1.807, 2.05) is 48.5 Å². The Balaban J connectivity index is 1.73. The van der Waals surface area contributed by atoms with Crippen LogP contribution in [0.15, 0.2) is 48.5 Å². The Hall–Kier alpha value is -2.29. The molecule has 3 nitrogen and oxygen atoms in total. The van der Waals surface area contributed by atoms with Crippen molar-refractivity contribution in [1.82, 2.24) is 0 Å². The van der Waals surface area contributed by atoms with E-state index in [-0.39, 0.29) is 11.9 Å². The zero-order chi connectivity index (χ0) is 13.9. The van der Waals surface area contributed by atoms with E-state index in [0.29, 0.717) is 13.0 Å². The quantitative estimate of drug-likeness (QED) is 0.857. The molecule has 3 heteroatoms. The van der Waals surface area contributed by atoms with Crippen LogP contribution >= 0.6 is 0 Å². The summed E-state index contributed by atoms with van der Waals surface area (Å²) in [7, 11) is 0. The largest absolute Gasteiger partial charge is 0.489 e. The number of hydrogen-bond donors (Lipinski definition) is 0. The van der Waals surface area contributed by atoms with E-state index < -0.39 is 0 Å². The van der Waals surface area contributed by atoms with E-state index in [2.05, 4.69) is 0 Å². The second-order valence-electron chi connectivity index (χ2n) is 4.95. The summed E-state index contributed by atoms with van der Waals surface area (Å²) < 4.78 is 11.3. The van der Waals surface area contributed by atoms with Crippen molar-refractivity contribution in [1.29, 1.82) is 0 Å². The van der Waals surface area contributed by atoms with Crippen LogP contribution in [0.2, 0.25) is 0 Å². The molecule has 102 valence electrons. The number of ether oxygens (including phenoxy) is 2. The molecule has 0 radical (unpaired) electrons. The number of fused-ring (bicyclic) bond motifs is 1. The van der Waals surface area contributed by atoms with Gasteiger partial charge in [-0.15, -0.1) is 0 Å². The maximum atomic E-state index is 11.7. The summed E-state index contributed by atoms with van der Waals surface area (Å²) in [6.07, 6.45) is 0.0672. The molecular formula is C17H16O3. The lowest BCUT2D eigenvalue weighted by molar-refractivity contribution is -0.125. The van der Waals surface area contributed by atoms with E-state index >= 15 is 0 Å². The molecule has 1 aliphatic rings. The van der Waals surface area contributed by atoms with Gasteiger partial charge >= 0.3 is 0 Å². The third-order valence-electron chi connectivity index (χ3n) is 3.40. The van der Waals surface area contributed by atoms with Crippen LogP contribution in [0.1, 0.15) is 18.1 Å². The van der Waals surface area contributed by atoms with E-state index in [1.54, 1.807) is 6.92 Å². The molecule has 0 bridgehead atoms. The molecule has 0 spiro atoms. The highest BCUT2D eigenvalue weighted by Gasteiger charge is 2.24. The summed E-state index contributed by atoms with van der Waals surface area (Å²) in [4.78, 5) is 11.7. The molecule has 3 rings (SSSR count). The van der Waals surface area contributed by atoms with Crippen molar-refractivity contribution in [2.75, 3.05) is 0 Å². The van der Waals surface area contributed by atoms with Gasteiger partial charge in [0, 0.05) is 12.0 Å². The standard InChI is InChI=1S/C17H16O3/c1-12-16(18)10-14-9-15(7-8-17(14)20-12)19-11-13-5-3-2-4-6-13/h2-9,12H,10-11H2,1H3. The predicted octanol–water partition coefficient (Wildman–Crippen LogP) is 3.16. The Morgan fingerprint density at radius 2 is 2.00 bits per heavy atom. The highest BCUT2D eigenvalue weighted by Crippen LogP contribution is 2.29. The van der Waals surface area contributed by atoms with E-state index in [9.17, 15) is 4.79 Å². The SMILES string of the molecule is CC1Oc2ccc(OCc3ccccc3)cc2CC1=O. The average Bonchev–Trinajstić information content (AvgIpc) is 2.47. The first kappa shape index (κ1) is 12.7. The van der Waals surface area contributed by atoms with Gasteiger partial charge in [-0.1, -0.05) is 30.3 Å². The van der Waals surface area contributed by atoms with Gasteiger partial charge in [0.2, 0.25) is 0 Å². The fourth-order valence-electron chi connectivity index (χ4n) is 2.23. The minimum absolute atomic E-state index is 0.109. The molecule has 1 atom stereocenters. The summed E-state index contributed by atoms with van der Waals surface area (Å²) in [5.74, 6) is 1.65. The molecule has 20 heavy (non-hydrogen) atoms. The monoisotopic (exact) mass is 268 g/mol. The number of carbonyl (C=O) groups excluding carboxylic acids is 1. The van der Waals surface area contributed by atoms with Crippen molar-refractivity contribution in [3.8, 4) is 11.5 Å². The Morgan fingerprint density at radius 1 is 1.20 bits per heavy atom. The second kappa shape index (κ2) is 5.37. The van der Waals surface area contributed by atoms with Crippen LogP contribution in [-0.4, -0.2) is 11.9 Å². The van der Waals surface area contributed by atoms with Crippen LogP contribution in [0, 0.1) is 0 Å². The second-order valence-corrected chi connectivity index (χ2v) is 4.95. The van der Waals surface area contributed by atoms with Crippen LogP contribution in [0.25, 0.3) is 0 Å². The predicted molar refractivity (Wildman–Crippen MR) is 76.0 cm³/mol. The van der Waals surface area contributed by atoms with Gasteiger partial charge in [-0.2, -0.15) is 0 Å². The highest BCUT2D eigenvalue weighted by molar-refractivity contribution is 5.87. The summed E-state index contributed by atoms with van der Waals surface area (Å²) >= 11 is 0. The van der Waals surface area contributed by atoms with Crippen LogP contribution in [0.4, 0.5) is 0 Å². The molecule has 0 N–H and O–H groups in total. The van der Waals surface area contributed by atoms with Crippen molar-refractivity contribution in [2.24, 2.45) is 0 Å². The van der Waals surface area contributed by atoms with Crippen molar-refractivity contribution < 1.29 is 14.3 Å². The molecule has 1 aliphatic heterocycles. The van der Waals surface area contributed by atoms with Gasteiger partial charge in [-0.05, 0) is 30.7 Å². The molecule has 1 unspecified atom stereocenters. The highest BCUT2D eigenvalue weighted by atomic mass is 16.5. The van der Waals surface area contributed by atoms with Crippen LogP contribution < -0.4 is 9.47 Å². The molecule has 0 aromatic heterocycles. The average molecular weight is 268 g/mol. The summed E-state index contributed by atoms with van der Waals surface area (Å²) in [5, 5.41) is 0. The molecule has 2 aromatic rings. The van der Waals surface area contributed by atoms with Gasteiger partial charge in [-0.3, -0.25) is 4.79 Å². The molecule has 0 saturated carbocycles. The van der Waals surface area contributed by atoms with Crippen molar-refractivity contribution in [3.05, 3.63) is 59.7 Å². The molecule has 1 heterocycles. The number of Topliss-reactive ketones (excluding diaryl/α,β-unsaturated/α-hetero) is 1. The lowest BCUT2D eigenvalue weighted by atomic mass is 10.0. The molecule has 0 fully saturated rings. The maximum absolute atomic E-state index is 11.7. The first-order valence-corrected chi connectivity index (χ1v) is 6.71. The lowest BCUT2D eigenvalue weighted by Crippen LogP contribution is -2.30. The number of benzene rings is 2. The topological polar surface area (TPSA) is 35.5 Å². The Bertz CT molecular complexity index is 619. The van der Waals surface area contributed by atoms with Crippen LogP contribution in [0.5, 0.6) is 11.5 Å². The van der Waals surface area contributed by atoms with Crippen molar-refractivity contribution in [3.63, 3.8) is 0 Å². The third kappa shape index (κ3) is 2.67. The molecule has 0 saturated heterocycles. The van der Waals surface area contributed by atoms with Crippen LogP contribution in [-0.2, 0) is 17.8 Å². The van der Waals surface area contributed by atoms with Gasteiger partial charge < -0.3 is 9.47 Å². The lowest BCUT2D eigenvalue weighted by Gasteiger charge is -2.22. The molecule has 0 amide bonds. The smallest absolute Gasteiger partial charge is 0.177 e. The Labute approximate surface area is 118 Å². The summed E-state index contributed by atoms with van der Waals surface area (Å²) in [6.45, 7) is 2.30. The Kier molecular flexibility index (Phi) is 3.42. The van der Waals surface area contributed by atoms with Gasteiger partial charge in [0.05, 0.1) is 0 Å². The number of hydrogen-bond acceptors (Lipinski definition) is 3. The fraction of sp³-hybridized carbons (Fsp3) is 0.235. The van der Waals surface area contributed by atoms with Crippen LogP contribution in [0.3, 0.4) is 0 Å². The van der Waals surface area contributed by atoms with Gasteiger partial charge in [0.25, 0.3) is 0 Å². The summed E-state index contributed by atoms with van der Waals surface area (Å²) in [6, 6.07) is 15.6. The van der Waals surface area contributed by atoms with E-state index in [0.717, 1.165) is 22.6 Å². The molecule has 2 aromatic carbocycles. The zero-order valence-corrected chi connectivity index (χ0v) is 11.3. The van der Waals surface area contributed by atoms with E-state index in [1.165, 1.54) is 0 Å². The molecular weight excluding hydrogens is 252 g/mol. The van der Waals surface area contributed by atoms with Gasteiger partial charge in [0.1, 0.15) is 18.1 Å². The first-order valence-electron chi connectivity index (χ1n) is 6.71.